The molecule has 0 amide bonds. The van der Waals surface area contributed by atoms with E-state index < -0.39 is 0 Å². The summed E-state index contributed by atoms with van der Waals surface area (Å²) < 4.78 is 24.5. The van der Waals surface area contributed by atoms with Gasteiger partial charge in [0.2, 0.25) is 0 Å². The van der Waals surface area contributed by atoms with Gasteiger partial charge in [-0.25, -0.2) is 4.39 Å². The highest BCUT2D eigenvalue weighted by molar-refractivity contribution is 6.00. The molecule has 1 aliphatic rings. The third-order valence-electron chi connectivity index (χ3n) is 3.36. The van der Waals surface area contributed by atoms with Crippen molar-refractivity contribution in [2.45, 2.75) is 6.42 Å². The van der Waals surface area contributed by atoms with Gasteiger partial charge in [-0.1, -0.05) is 6.07 Å². The number of halogens is 1. The van der Waals surface area contributed by atoms with Gasteiger partial charge in [0.05, 0.1) is 19.3 Å². The van der Waals surface area contributed by atoms with Gasteiger partial charge in [-0.15, -0.1) is 0 Å². The van der Waals surface area contributed by atoms with Gasteiger partial charge in [0, 0.05) is 18.1 Å². The molecule has 0 bridgehead atoms. The Morgan fingerprint density at radius 3 is 2.70 bits per heavy atom. The van der Waals surface area contributed by atoms with Gasteiger partial charge in [0.15, 0.2) is 5.78 Å². The van der Waals surface area contributed by atoms with Crippen LogP contribution in [0.3, 0.4) is 0 Å². The molecule has 20 heavy (non-hydrogen) atoms. The van der Waals surface area contributed by atoms with E-state index in [1.807, 2.05) is 0 Å². The van der Waals surface area contributed by atoms with Crippen LogP contribution < -0.4 is 9.47 Å². The zero-order valence-electron chi connectivity index (χ0n) is 11.0. The summed E-state index contributed by atoms with van der Waals surface area (Å²) in [5.41, 5.74) is 1.70. The highest BCUT2D eigenvalue weighted by Gasteiger charge is 2.19. The first-order chi connectivity index (χ1) is 9.69. The first-order valence-corrected chi connectivity index (χ1v) is 6.33. The van der Waals surface area contributed by atoms with E-state index in [1.165, 1.54) is 13.2 Å². The average molecular weight is 272 g/mol. The summed E-state index contributed by atoms with van der Waals surface area (Å²) in [4.78, 5) is 11.7. The second-order valence-corrected chi connectivity index (χ2v) is 4.58. The molecule has 1 heterocycles. The molecule has 2 aromatic carbocycles. The number of hydrogen-bond acceptors (Lipinski definition) is 3. The van der Waals surface area contributed by atoms with Crippen LogP contribution in [0.15, 0.2) is 36.4 Å². The van der Waals surface area contributed by atoms with E-state index in [0.717, 1.165) is 0 Å². The quantitative estimate of drug-likeness (QED) is 0.839. The number of fused-ring (bicyclic) bond motifs is 1. The van der Waals surface area contributed by atoms with Crippen molar-refractivity contribution in [3.63, 3.8) is 0 Å². The van der Waals surface area contributed by atoms with E-state index in [-0.39, 0.29) is 11.6 Å². The molecule has 0 unspecified atom stereocenters. The SMILES string of the molecule is COc1ccc(-c2ccc3c(c2)OCCC3=O)c(F)c1. The molecule has 2 aromatic rings. The fraction of sp³-hybridized carbons (Fsp3) is 0.188. The smallest absolute Gasteiger partial charge is 0.169 e. The summed E-state index contributed by atoms with van der Waals surface area (Å²) in [5, 5.41) is 0. The highest BCUT2D eigenvalue weighted by Crippen LogP contribution is 2.32. The maximum atomic E-state index is 14.0. The van der Waals surface area contributed by atoms with Gasteiger partial charge in [-0.2, -0.15) is 0 Å². The van der Waals surface area contributed by atoms with Crippen molar-refractivity contribution in [2.24, 2.45) is 0 Å². The number of hydrogen-bond donors (Lipinski definition) is 0. The van der Waals surface area contributed by atoms with Crippen LogP contribution in [0.5, 0.6) is 11.5 Å². The van der Waals surface area contributed by atoms with Crippen molar-refractivity contribution in [1.82, 2.24) is 0 Å². The van der Waals surface area contributed by atoms with Crippen molar-refractivity contribution >= 4 is 5.78 Å². The molecule has 102 valence electrons. The minimum absolute atomic E-state index is 0.0630. The van der Waals surface area contributed by atoms with Crippen molar-refractivity contribution in [1.29, 1.82) is 0 Å². The molecular weight excluding hydrogens is 259 g/mol. The minimum Gasteiger partial charge on any atom is -0.497 e. The number of ketones is 1. The summed E-state index contributed by atoms with van der Waals surface area (Å²) in [5.74, 6) is 0.684. The Balaban J connectivity index is 2.05. The van der Waals surface area contributed by atoms with E-state index in [4.69, 9.17) is 9.47 Å². The third kappa shape index (κ3) is 2.13. The maximum absolute atomic E-state index is 14.0. The number of methoxy groups -OCH3 is 1. The first kappa shape index (κ1) is 12.7. The van der Waals surface area contributed by atoms with Gasteiger partial charge in [0.1, 0.15) is 17.3 Å². The summed E-state index contributed by atoms with van der Waals surface area (Å²) in [7, 11) is 1.49. The highest BCUT2D eigenvalue weighted by atomic mass is 19.1. The van der Waals surface area contributed by atoms with Gasteiger partial charge in [-0.05, 0) is 29.8 Å². The predicted octanol–water partition coefficient (Wildman–Crippen LogP) is 3.47. The lowest BCUT2D eigenvalue weighted by atomic mass is 9.98. The number of benzene rings is 2. The molecule has 0 radical (unpaired) electrons. The molecule has 0 aromatic heterocycles. The zero-order chi connectivity index (χ0) is 14.1. The van der Waals surface area contributed by atoms with Crippen LogP contribution in [0.1, 0.15) is 16.8 Å². The van der Waals surface area contributed by atoms with Crippen molar-refractivity contribution in [3.8, 4) is 22.6 Å². The Hall–Kier alpha value is -2.36. The van der Waals surface area contributed by atoms with Crippen LogP contribution in [0.25, 0.3) is 11.1 Å². The maximum Gasteiger partial charge on any atom is 0.169 e. The van der Waals surface area contributed by atoms with E-state index in [1.54, 1.807) is 30.3 Å². The van der Waals surface area contributed by atoms with Gasteiger partial charge < -0.3 is 9.47 Å². The fourth-order valence-electron chi connectivity index (χ4n) is 2.28. The Morgan fingerprint density at radius 2 is 1.95 bits per heavy atom. The van der Waals surface area contributed by atoms with E-state index in [9.17, 15) is 9.18 Å². The Morgan fingerprint density at radius 1 is 1.15 bits per heavy atom. The van der Waals surface area contributed by atoms with Crippen LogP contribution in [0.4, 0.5) is 4.39 Å². The normalized spacial score (nSPS) is 13.6. The summed E-state index contributed by atoms with van der Waals surface area (Å²) in [6.07, 6.45) is 0.392. The van der Waals surface area contributed by atoms with Crippen molar-refractivity contribution in [2.75, 3.05) is 13.7 Å². The largest absolute Gasteiger partial charge is 0.497 e. The Kier molecular flexibility index (Phi) is 3.14. The van der Waals surface area contributed by atoms with E-state index in [2.05, 4.69) is 0 Å². The fourth-order valence-corrected chi connectivity index (χ4v) is 2.28. The number of ether oxygens (including phenoxy) is 2. The molecule has 4 heteroatoms. The predicted molar refractivity (Wildman–Crippen MR) is 72.8 cm³/mol. The first-order valence-electron chi connectivity index (χ1n) is 6.33. The standard InChI is InChI=1S/C16H13FO3/c1-19-11-3-5-12(14(17)9-11)10-2-4-13-15(18)6-7-20-16(13)8-10/h2-5,8-9H,6-7H2,1H3. The lowest BCUT2D eigenvalue weighted by Gasteiger charge is -2.17. The summed E-state index contributed by atoms with van der Waals surface area (Å²) in [6.45, 7) is 0.375. The Bertz CT molecular complexity index is 679. The number of rotatable bonds is 2. The average Bonchev–Trinajstić information content (AvgIpc) is 2.47. The summed E-state index contributed by atoms with van der Waals surface area (Å²) in [6, 6.07) is 9.81. The van der Waals surface area contributed by atoms with Gasteiger partial charge >= 0.3 is 0 Å². The minimum atomic E-state index is -0.369. The molecule has 0 spiro atoms. The molecule has 0 saturated heterocycles. The second-order valence-electron chi connectivity index (χ2n) is 4.58. The van der Waals surface area contributed by atoms with E-state index >= 15 is 0 Å². The number of carbonyl (C=O) groups excluding carboxylic acids is 1. The summed E-state index contributed by atoms with van der Waals surface area (Å²) >= 11 is 0. The van der Waals surface area contributed by atoms with Crippen LogP contribution >= 0.6 is 0 Å². The molecule has 1 aliphatic heterocycles. The third-order valence-corrected chi connectivity index (χ3v) is 3.36. The second kappa shape index (κ2) is 4.96. The van der Waals surface area contributed by atoms with Crippen LogP contribution in [-0.4, -0.2) is 19.5 Å². The molecule has 0 fully saturated rings. The van der Waals surface area contributed by atoms with Crippen molar-refractivity contribution < 1.29 is 18.7 Å². The van der Waals surface area contributed by atoms with E-state index in [0.29, 0.717) is 41.2 Å². The monoisotopic (exact) mass is 272 g/mol. The van der Waals surface area contributed by atoms with Gasteiger partial charge in [-0.3, -0.25) is 4.79 Å². The van der Waals surface area contributed by atoms with Crippen molar-refractivity contribution in [3.05, 3.63) is 47.8 Å². The lowest BCUT2D eigenvalue weighted by molar-refractivity contribution is 0.0933. The molecule has 0 atom stereocenters. The van der Waals surface area contributed by atoms with Crippen LogP contribution in [0, 0.1) is 5.82 Å². The topological polar surface area (TPSA) is 35.5 Å². The number of Topliss-reactive ketones (excluding diaryl/α,β-unsaturated/α-hetero) is 1. The van der Waals surface area contributed by atoms with Crippen LogP contribution in [-0.2, 0) is 0 Å². The number of carbonyl (C=O) groups is 1. The molecule has 0 aliphatic carbocycles. The molecular formula is C16H13FO3. The molecule has 0 saturated carbocycles. The Labute approximate surface area is 115 Å². The zero-order valence-corrected chi connectivity index (χ0v) is 11.0. The van der Waals surface area contributed by atoms with Gasteiger partial charge in [0.25, 0.3) is 0 Å². The lowest BCUT2D eigenvalue weighted by Crippen LogP contribution is -2.15. The molecule has 0 N–H and O–H groups in total. The molecule has 3 rings (SSSR count). The molecule has 3 nitrogen and oxygen atoms in total. The van der Waals surface area contributed by atoms with Crippen LogP contribution in [0.2, 0.25) is 0 Å².